The van der Waals surface area contributed by atoms with Crippen LogP contribution in [0.3, 0.4) is 0 Å². The van der Waals surface area contributed by atoms with Crippen molar-refractivity contribution in [2.24, 2.45) is 5.73 Å². The maximum atomic E-state index is 11.8. The summed E-state index contributed by atoms with van der Waals surface area (Å²) < 4.78 is 25.0. The number of hydrogen-bond donors (Lipinski definition) is 2. The molecule has 0 saturated carbocycles. The maximum absolute atomic E-state index is 11.8. The predicted molar refractivity (Wildman–Crippen MR) is 73.6 cm³/mol. The summed E-state index contributed by atoms with van der Waals surface area (Å²) in [4.78, 5) is 11.8. The van der Waals surface area contributed by atoms with Crippen LogP contribution in [0.5, 0.6) is 0 Å². The monoisotopic (exact) mass is 283 g/mol. The molecule has 6 nitrogen and oxygen atoms in total. The van der Waals surface area contributed by atoms with Gasteiger partial charge in [0.25, 0.3) is 5.91 Å². The molecule has 1 aromatic carbocycles. The van der Waals surface area contributed by atoms with Crippen LogP contribution in [-0.4, -0.2) is 39.7 Å². The second-order valence-electron chi connectivity index (χ2n) is 4.34. The first-order valence-electron chi connectivity index (χ1n) is 6.13. The molecular formula is C12H17N3O3S. The normalized spacial score (nSPS) is 17.4. The minimum Gasteiger partial charge on any atom is -0.351 e. The number of nitrogens with two attached hydrogens (primary N) is 1. The molecule has 0 bridgehead atoms. The Kier molecular flexibility index (Phi) is 4.06. The molecule has 1 saturated heterocycles. The Hall–Kier alpha value is -1.60. The van der Waals surface area contributed by atoms with Gasteiger partial charge in [-0.05, 0) is 24.6 Å². The van der Waals surface area contributed by atoms with Crippen molar-refractivity contribution in [1.29, 1.82) is 0 Å². The lowest BCUT2D eigenvalue weighted by Gasteiger charge is -2.17. The highest BCUT2D eigenvalue weighted by atomic mass is 32.2. The van der Waals surface area contributed by atoms with Gasteiger partial charge in [0.05, 0.1) is 11.4 Å². The number of rotatable bonds is 4. The van der Waals surface area contributed by atoms with Gasteiger partial charge >= 0.3 is 0 Å². The zero-order valence-corrected chi connectivity index (χ0v) is 11.3. The summed E-state index contributed by atoms with van der Waals surface area (Å²) in [5, 5.41) is 2.66. The lowest BCUT2D eigenvalue weighted by Crippen LogP contribution is -2.29. The van der Waals surface area contributed by atoms with Crippen LogP contribution in [-0.2, 0) is 10.0 Å². The number of hydrogen-bond acceptors (Lipinski definition) is 4. The average Bonchev–Trinajstić information content (AvgIpc) is 2.75. The van der Waals surface area contributed by atoms with Gasteiger partial charge < -0.3 is 11.1 Å². The highest BCUT2D eigenvalue weighted by Gasteiger charge is 2.28. The van der Waals surface area contributed by atoms with E-state index < -0.39 is 10.0 Å². The second-order valence-corrected chi connectivity index (χ2v) is 6.35. The van der Waals surface area contributed by atoms with E-state index in [2.05, 4.69) is 5.32 Å². The molecule has 0 spiro atoms. The molecule has 7 heteroatoms. The van der Waals surface area contributed by atoms with Crippen LogP contribution in [0.25, 0.3) is 0 Å². The molecule has 19 heavy (non-hydrogen) atoms. The van der Waals surface area contributed by atoms with Crippen molar-refractivity contribution in [3.8, 4) is 0 Å². The van der Waals surface area contributed by atoms with E-state index in [1.807, 2.05) is 0 Å². The molecule has 1 aromatic rings. The van der Waals surface area contributed by atoms with Gasteiger partial charge in [-0.1, -0.05) is 6.07 Å². The molecule has 1 aliphatic heterocycles. The summed E-state index contributed by atoms with van der Waals surface area (Å²) in [6.07, 6.45) is 0.617. The summed E-state index contributed by atoms with van der Waals surface area (Å²) >= 11 is 0. The number of carbonyl (C=O) groups excluding carboxylic acids is 1. The van der Waals surface area contributed by atoms with Gasteiger partial charge in [-0.15, -0.1) is 0 Å². The first-order chi connectivity index (χ1) is 9.04. The van der Waals surface area contributed by atoms with Crippen LogP contribution < -0.4 is 15.4 Å². The number of nitrogens with zero attached hydrogens (tertiary/aromatic N) is 1. The van der Waals surface area contributed by atoms with Crippen LogP contribution in [0, 0.1) is 0 Å². The van der Waals surface area contributed by atoms with E-state index in [1.54, 1.807) is 24.3 Å². The average molecular weight is 283 g/mol. The Morgan fingerprint density at radius 3 is 2.84 bits per heavy atom. The van der Waals surface area contributed by atoms with Crippen molar-refractivity contribution in [2.45, 2.75) is 6.42 Å². The number of anilines is 1. The van der Waals surface area contributed by atoms with Crippen molar-refractivity contribution in [3.63, 3.8) is 0 Å². The molecule has 1 fully saturated rings. The maximum Gasteiger partial charge on any atom is 0.251 e. The van der Waals surface area contributed by atoms with Gasteiger partial charge in [0.2, 0.25) is 10.0 Å². The standard InChI is InChI=1S/C12H17N3O3S/c13-5-6-14-12(16)10-3-1-4-11(9-10)15-7-2-8-19(15,17)18/h1,3-4,9H,2,5-8,13H2,(H,14,16). The first kappa shape index (κ1) is 13.8. The molecule has 0 aromatic heterocycles. The molecule has 0 unspecified atom stereocenters. The Bertz CT molecular complexity index is 571. The Labute approximate surface area is 112 Å². The SMILES string of the molecule is NCCNC(=O)c1cccc(N2CCCS2(=O)=O)c1. The van der Waals surface area contributed by atoms with Crippen LogP contribution in [0.15, 0.2) is 24.3 Å². The molecular weight excluding hydrogens is 266 g/mol. The highest BCUT2D eigenvalue weighted by molar-refractivity contribution is 7.93. The van der Waals surface area contributed by atoms with Gasteiger partial charge in [0, 0.05) is 25.2 Å². The summed E-state index contributed by atoms with van der Waals surface area (Å²) in [7, 11) is -3.22. The van der Waals surface area contributed by atoms with E-state index in [9.17, 15) is 13.2 Å². The molecule has 0 radical (unpaired) electrons. The van der Waals surface area contributed by atoms with Gasteiger partial charge in [0.1, 0.15) is 0 Å². The molecule has 1 heterocycles. The van der Waals surface area contributed by atoms with Crippen LogP contribution in [0.2, 0.25) is 0 Å². The van der Waals surface area contributed by atoms with Gasteiger partial charge in [-0.2, -0.15) is 0 Å². The predicted octanol–water partition coefficient (Wildman–Crippen LogP) is -0.0850. The second kappa shape index (κ2) is 5.58. The number of amides is 1. The van der Waals surface area contributed by atoms with E-state index in [-0.39, 0.29) is 11.7 Å². The Morgan fingerprint density at radius 1 is 1.42 bits per heavy atom. The van der Waals surface area contributed by atoms with Crippen molar-refractivity contribution in [2.75, 3.05) is 29.7 Å². The van der Waals surface area contributed by atoms with Crippen LogP contribution >= 0.6 is 0 Å². The fraction of sp³-hybridized carbons (Fsp3) is 0.417. The zero-order chi connectivity index (χ0) is 13.9. The zero-order valence-electron chi connectivity index (χ0n) is 10.5. The third kappa shape index (κ3) is 3.05. The third-order valence-electron chi connectivity index (χ3n) is 2.93. The van der Waals surface area contributed by atoms with Crippen molar-refractivity contribution < 1.29 is 13.2 Å². The molecule has 0 atom stereocenters. The summed E-state index contributed by atoms with van der Waals surface area (Å²) in [5.41, 5.74) is 6.30. The van der Waals surface area contributed by atoms with E-state index in [0.29, 0.717) is 37.3 Å². The van der Waals surface area contributed by atoms with E-state index in [0.717, 1.165) is 0 Å². The minimum absolute atomic E-state index is 0.163. The molecule has 104 valence electrons. The summed E-state index contributed by atoms with van der Waals surface area (Å²) in [6.45, 7) is 1.23. The lowest BCUT2D eigenvalue weighted by molar-refractivity contribution is 0.0955. The number of benzene rings is 1. The minimum atomic E-state index is -3.22. The van der Waals surface area contributed by atoms with Gasteiger partial charge in [-0.25, -0.2) is 8.42 Å². The number of nitrogens with one attached hydrogen (secondary N) is 1. The topological polar surface area (TPSA) is 92.5 Å². The Morgan fingerprint density at radius 2 is 2.21 bits per heavy atom. The lowest BCUT2D eigenvalue weighted by atomic mass is 10.2. The van der Waals surface area contributed by atoms with Crippen molar-refractivity contribution >= 4 is 21.6 Å². The van der Waals surface area contributed by atoms with Gasteiger partial charge in [0.15, 0.2) is 0 Å². The Balaban J connectivity index is 2.22. The molecule has 3 N–H and O–H groups in total. The van der Waals surface area contributed by atoms with E-state index >= 15 is 0 Å². The smallest absolute Gasteiger partial charge is 0.251 e. The van der Waals surface area contributed by atoms with Crippen molar-refractivity contribution in [1.82, 2.24) is 5.32 Å². The van der Waals surface area contributed by atoms with Crippen LogP contribution in [0.1, 0.15) is 16.8 Å². The van der Waals surface area contributed by atoms with Crippen LogP contribution in [0.4, 0.5) is 5.69 Å². The van der Waals surface area contributed by atoms with E-state index in [4.69, 9.17) is 5.73 Å². The molecule has 1 aliphatic rings. The molecule has 0 aliphatic carbocycles. The fourth-order valence-electron chi connectivity index (χ4n) is 2.02. The first-order valence-corrected chi connectivity index (χ1v) is 7.74. The highest BCUT2D eigenvalue weighted by Crippen LogP contribution is 2.24. The molecule has 1 amide bonds. The number of sulfonamides is 1. The summed E-state index contributed by atoms with van der Waals surface area (Å²) in [6, 6.07) is 6.62. The van der Waals surface area contributed by atoms with Crippen molar-refractivity contribution in [3.05, 3.63) is 29.8 Å². The fourth-order valence-corrected chi connectivity index (χ4v) is 3.58. The number of carbonyl (C=O) groups is 1. The summed E-state index contributed by atoms with van der Waals surface area (Å²) in [5.74, 6) is -0.0831. The molecule has 2 rings (SSSR count). The van der Waals surface area contributed by atoms with Gasteiger partial charge in [-0.3, -0.25) is 9.10 Å². The largest absolute Gasteiger partial charge is 0.351 e. The third-order valence-corrected chi connectivity index (χ3v) is 4.80. The quantitative estimate of drug-likeness (QED) is 0.808. The van der Waals surface area contributed by atoms with E-state index in [1.165, 1.54) is 4.31 Å².